The van der Waals surface area contributed by atoms with E-state index in [9.17, 15) is 9.59 Å². The van der Waals surface area contributed by atoms with Gasteiger partial charge in [0.25, 0.3) is 0 Å². The van der Waals surface area contributed by atoms with Crippen molar-refractivity contribution in [2.45, 2.75) is 71.1 Å². The standard InChI is InChI=1S/C16H28O4/c1-2-20-16(19)14(15(17)18)12-8-4-7-11-13-9-5-3-6-10-13/h13-14H,2-12H2,1H3,(H,17,18). The van der Waals surface area contributed by atoms with E-state index in [2.05, 4.69) is 0 Å². The Kier molecular flexibility index (Phi) is 8.31. The van der Waals surface area contributed by atoms with Gasteiger partial charge in [-0.3, -0.25) is 9.59 Å². The largest absolute Gasteiger partial charge is 0.481 e. The number of unbranched alkanes of at least 4 members (excludes halogenated alkanes) is 2. The minimum absolute atomic E-state index is 0.240. The van der Waals surface area contributed by atoms with Crippen LogP contribution in [-0.2, 0) is 14.3 Å². The van der Waals surface area contributed by atoms with Gasteiger partial charge < -0.3 is 9.84 Å². The number of aliphatic carboxylic acids is 1. The van der Waals surface area contributed by atoms with Gasteiger partial charge in [0.2, 0.25) is 0 Å². The van der Waals surface area contributed by atoms with Crippen LogP contribution >= 0.6 is 0 Å². The fraction of sp³-hybridized carbons (Fsp3) is 0.875. The van der Waals surface area contributed by atoms with E-state index in [1.165, 1.54) is 38.5 Å². The predicted octanol–water partition coefficient (Wildman–Crippen LogP) is 3.78. The number of carboxylic acid groups (broad SMARTS) is 1. The molecule has 0 spiro atoms. The minimum atomic E-state index is -1.06. The summed E-state index contributed by atoms with van der Waals surface area (Å²) < 4.78 is 4.80. The van der Waals surface area contributed by atoms with E-state index in [0.29, 0.717) is 6.42 Å². The first-order valence-electron chi connectivity index (χ1n) is 8.04. The number of hydrogen-bond acceptors (Lipinski definition) is 3. The van der Waals surface area contributed by atoms with Crippen molar-refractivity contribution in [3.05, 3.63) is 0 Å². The van der Waals surface area contributed by atoms with Crippen LogP contribution in [-0.4, -0.2) is 23.7 Å². The summed E-state index contributed by atoms with van der Waals surface area (Å²) in [6.07, 6.45) is 11.5. The zero-order valence-corrected chi connectivity index (χ0v) is 12.6. The van der Waals surface area contributed by atoms with Gasteiger partial charge in [0.05, 0.1) is 6.61 Å². The highest BCUT2D eigenvalue weighted by Crippen LogP contribution is 2.28. The van der Waals surface area contributed by atoms with Gasteiger partial charge in [-0.05, 0) is 19.3 Å². The number of esters is 1. The highest BCUT2D eigenvalue weighted by atomic mass is 16.5. The van der Waals surface area contributed by atoms with Crippen molar-refractivity contribution >= 4 is 11.9 Å². The van der Waals surface area contributed by atoms with E-state index in [1.807, 2.05) is 0 Å². The van der Waals surface area contributed by atoms with Crippen LogP contribution in [0.4, 0.5) is 0 Å². The molecule has 1 aliphatic rings. The molecule has 1 N–H and O–H groups in total. The van der Waals surface area contributed by atoms with Gasteiger partial charge in [0.15, 0.2) is 5.92 Å². The Morgan fingerprint density at radius 2 is 1.85 bits per heavy atom. The van der Waals surface area contributed by atoms with Gasteiger partial charge in [-0.2, -0.15) is 0 Å². The smallest absolute Gasteiger partial charge is 0.320 e. The van der Waals surface area contributed by atoms with Crippen LogP contribution in [0.3, 0.4) is 0 Å². The first-order valence-corrected chi connectivity index (χ1v) is 8.04. The second-order valence-corrected chi connectivity index (χ2v) is 5.78. The number of carbonyl (C=O) groups excluding carboxylic acids is 1. The SMILES string of the molecule is CCOC(=O)C(CCCCCC1CCCCC1)C(=O)O. The number of carboxylic acids is 1. The average molecular weight is 284 g/mol. The van der Waals surface area contributed by atoms with Crippen molar-refractivity contribution in [2.24, 2.45) is 11.8 Å². The minimum Gasteiger partial charge on any atom is -0.481 e. The van der Waals surface area contributed by atoms with Gasteiger partial charge in [-0.1, -0.05) is 57.8 Å². The lowest BCUT2D eigenvalue weighted by Gasteiger charge is -2.21. The molecule has 0 heterocycles. The molecule has 0 aromatic carbocycles. The zero-order chi connectivity index (χ0) is 14.8. The van der Waals surface area contributed by atoms with E-state index in [0.717, 1.165) is 25.2 Å². The summed E-state index contributed by atoms with van der Waals surface area (Å²) in [6.45, 7) is 1.94. The molecule has 4 nitrogen and oxygen atoms in total. The van der Waals surface area contributed by atoms with Crippen molar-refractivity contribution in [3.8, 4) is 0 Å². The molecule has 4 heteroatoms. The maximum absolute atomic E-state index is 11.5. The Morgan fingerprint density at radius 3 is 2.45 bits per heavy atom. The molecule has 0 aromatic rings. The monoisotopic (exact) mass is 284 g/mol. The third kappa shape index (κ3) is 6.40. The normalized spacial score (nSPS) is 17.6. The summed E-state index contributed by atoms with van der Waals surface area (Å²) in [5, 5.41) is 9.03. The van der Waals surface area contributed by atoms with Gasteiger partial charge >= 0.3 is 11.9 Å². The Hall–Kier alpha value is -1.06. The number of carbonyl (C=O) groups is 2. The fourth-order valence-electron chi connectivity index (χ4n) is 3.02. The Balaban J connectivity index is 2.13. The van der Waals surface area contributed by atoms with E-state index < -0.39 is 17.9 Å². The molecule has 0 aliphatic heterocycles. The Labute approximate surface area is 121 Å². The molecule has 0 radical (unpaired) electrons. The summed E-state index contributed by atoms with van der Waals surface area (Å²) >= 11 is 0. The molecule has 1 rings (SSSR count). The Bertz CT molecular complexity index is 295. The van der Waals surface area contributed by atoms with Crippen molar-refractivity contribution in [2.75, 3.05) is 6.61 Å². The average Bonchev–Trinajstić information content (AvgIpc) is 2.43. The van der Waals surface area contributed by atoms with E-state index in [-0.39, 0.29) is 6.61 Å². The molecule has 1 aliphatic carbocycles. The predicted molar refractivity (Wildman–Crippen MR) is 77.4 cm³/mol. The summed E-state index contributed by atoms with van der Waals surface area (Å²) in [4.78, 5) is 22.5. The number of ether oxygens (including phenoxy) is 1. The first kappa shape index (κ1) is 17.0. The zero-order valence-electron chi connectivity index (χ0n) is 12.6. The molecule has 1 fully saturated rings. The third-order valence-corrected chi connectivity index (χ3v) is 4.20. The molecule has 0 aromatic heterocycles. The van der Waals surface area contributed by atoms with Crippen LogP contribution in [0.1, 0.15) is 71.1 Å². The third-order valence-electron chi connectivity index (χ3n) is 4.20. The molecular weight excluding hydrogens is 256 g/mol. The molecule has 0 amide bonds. The quantitative estimate of drug-likeness (QED) is 0.397. The lowest BCUT2D eigenvalue weighted by molar-refractivity contribution is -0.158. The molecular formula is C16H28O4. The van der Waals surface area contributed by atoms with E-state index in [4.69, 9.17) is 9.84 Å². The molecule has 0 bridgehead atoms. The van der Waals surface area contributed by atoms with Gasteiger partial charge in [-0.25, -0.2) is 0 Å². The molecule has 1 unspecified atom stereocenters. The number of hydrogen-bond donors (Lipinski definition) is 1. The summed E-state index contributed by atoms with van der Waals surface area (Å²) in [5.41, 5.74) is 0. The molecule has 1 saturated carbocycles. The highest BCUT2D eigenvalue weighted by Gasteiger charge is 2.26. The fourth-order valence-corrected chi connectivity index (χ4v) is 3.02. The maximum atomic E-state index is 11.5. The van der Waals surface area contributed by atoms with Crippen molar-refractivity contribution < 1.29 is 19.4 Å². The van der Waals surface area contributed by atoms with Crippen LogP contribution < -0.4 is 0 Å². The molecule has 116 valence electrons. The van der Waals surface area contributed by atoms with E-state index >= 15 is 0 Å². The topological polar surface area (TPSA) is 63.6 Å². The van der Waals surface area contributed by atoms with Crippen molar-refractivity contribution in [1.82, 2.24) is 0 Å². The summed E-state index contributed by atoms with van der Waals surface area (Å²) in [5.74, 6) is -1.75. The van der Waals surface area contributed by atoms with Crippen LogP contribution in [0, 0.1) is 11.8 Å². The molecule has 20 heavy (non-hydrogen) atoms. The molecule has 1 atom stereocenters. The van der Waals surface area contributed by atoms with E-state index in [1.54, 1.807) is 6.92 Å². The Morgan fingerprint density at radius 1 is 1.15 bits per heavy atom. The number of rotatable bonds is 9. The lowest BCUT2D eigenvalue weighted by atomic mass is 9.85. The van der Waals surface area contributed by atoms with Crippen LogP contribution in [0.25, 0.3) is 0 Å². The lowest BCUT2D eigenvalue weighted by Crippen LogP contribution is -2.25. The second kappa shape index (κ2) is 9.78. The van der Waals surface area contributed by atoms with Gasteiger partial charge in [-0.15, -0.1) is 0 Å². The second-order valence-electron chi connectivity index (χ2n) is 5.78. The maximum Gasteiger partial charge on any atom is 0.320 e. The van der Waals surface area contributed by atoms with Crippen molar-refractivity contribution in [1.29, 1.82) is 0 Å². The van der Waals surface area contributed by atoms with Gasteiger partial charge in [0.1, 0.15) is 0 Å². The van der Waals surface area contributed by atoms with Crippen LogP contribution in [0.2, 0.25) is 0 Å². The first-order chi connectivity index (χ1) is 9.65. The molecule has 0 saturated heterocycles. The highest BCUT2D eigenvalue weighted by molar-refractivity contribution is 5.93. The van der Waals surface area contributed by atoms with Crippen LogP contribution in [0.5, 0.6) is 0 Å². The van der Waals surface area contributed by atoms with Gasteiger partial charge in [0, 0.05) is 0 Å². The summed E-state index contributed by atoms with van der Waals surface area (Å²) in [6, 6.07) is 0. The van der Waals surface area contributed by atoms with Crippen LogP contribution in [0.15, 0.2) is 0 Å². The van der Waals surface area contributed by atoms with Crippen molar-refractivity contribution in [3.63, 3.8) is 0 Å². The summed E-state index contributed by atoms with van der Waals surface area (Å²) in [7, 11) is 0.